The number of nitrogens with one attached hydrogen (secondary N) is 1. The molecule has 26 heavy (non-hydrogen) atoms. The Hall–Kier alpha value is -1.85. The van der Waals surface area contributed by atoms with Crippen molar-refractivity contribution in [1.29, 1.82) is 0 Å². The molecule has 1 N–H and O–H groups in total. The van der Waals surface area contributed by atoms with Crippen LogP contribution in [-0.4, -0.2) is 53.5 Å². The molecule has 3 rings (SSSR count). The smallest absolute Gasteiger partial charge is 0.224 e. The van der Waals surface area contributed by atoms with Crippen LogP contribution in [0.25, 0.3) is 0 Å². The molecule has 0 spiro atoms. The number of rotatable bonds is 6. The Morgan fingerprint density at radius 1 is 1.15 bits per heavy atom. The summed E-state index contributed by atoms with van der Waals surface area (Å²) < 4.78 is 0. The van der Waals surface area contributed by atoms with Gasteiger partial charge in [0.2, 0.25) is 11.9 Å². The molecule has 0 bridgehead atoms. The molecular weight excluding hydrogens is 326 g/mol. The fourth-order valence-electron chi connectivity index (χ4n) is 4.10. The highest BCUT2D eigenvalue weighted by atomic mass is 16.2. The lowest BCUT2D eigenvalue weighted by Gasteiger charge is -2.36. The number of anilines is 2. The molecule has 1 amide bonds. The van der Waals surface area contributed by atoms with Crippen molar-refractivity contribution in [3.8, 4) is 0 Å². The molecule has 2 fully saturated rings. The van der Waals surface area contributed by atoms with Gasteiger partial charge in [-0.1, -0.05) is 32.1 Å². The Morgan fingerprint density at radius 2 is 1.88 bits per heavy atom. The predicted molar refractivity (Wildman–Crippen MR) is 106 cm³/mol. The van der Waals surface area contributed by atoms with Crippen LogP contribution in [0, 0.1) is 12.8 Å². The van der Waals surface area contributed by atoms with Gasteiger partial charge in [0.1, 0.15) is 5.82 Å². The quantitative estimate of drug-likeness (QED) is 0.845. The molecule has 6 heteroatoms. The molecular formula is C20H33N5O. The van der Waals surface area contributed by atoms with E-state index in [0.29, 0.717) is 11.9 Å². The third-order valence-electron chi connectivity index (χ3n) is 5.62. The van der Waals surface area contributed by atoms with E-state index in [1.54, 1.807) is 0 Å². The molecule has 6 nitrogen and oxygen atoms in total. The van der Waals surface area contributed by atoms with Gasteiger partial charge in [0.05, 0.1) is 0 Å². The summed E-state index contributed by atoms with van der Waals surface area (Å²) in [5, 5.41) is 3.19. The molecule has 2 heterocycles. The zero-order valence-corrected chi connectivity index (χ0v) is 16.3. The Morgan fingerprint density at radius 3 is 2.58 bits per heavy atom. The van der Waals surface area contributed by atoms with Crippen LogP contribution in [0.3, 0.4) is 0 Å². The van der Waals surface area contributed by atoms with Gasteiger partial charge in [-0.25, -0.2) is 4.98 Å². The zero-order chi connectivity index (χ0) is 18.4. The molecule has 1 saturated heterocycles. The van der Waals surface area contributed by atoms with E-state index >= 15 is 0 Å². The normalized spacial score (nSPS) is 18.8. The van der Waals surface area contributed by atoms with E-state index in [2.05, 4.69) is 20.2 Å². The van der Waals surface area contributed by atoms with Gasteiger partial charge in [0.25, 0.3) is 0 Å². The fraction of sp³-hybridized carbons (Fsp3) is 0.750. The van der Waals surface area contributed by atoms with Crippen LogP contribution in [0.2, 0.25) is 0 Å². The van der Waals surface area contributed by atoms with E-state index in [0.717, 1.165) is 63.0 Å². The summed E-state index contributed by atoms with van der Waals surface area (Å²) in [6.07, 6.45) is 8.53. The number of carbonyl (C=O) groups is 1. The van der Waals surface area contributed by atoms with Gasteiger partial charge in [-0.05, 0) is 26.2 Å². The van der Waals surface area contributed by atoms with Crippen molar-refractivity contribution in [2.45, 2.75) is 58.8 Å². The molecule has 2 aliphatic rings. The third-order valence-corrected chi connectivity index (χ3v) is 5.62. The lowest BCUT2D eigenvalue weighted by atomic mass is 9.86. The highest BCUT2D eigenvalue weighted by Gasteiger charge is 2.23. The van der Waals surface area contributed by atoms with Crippen LogP contribution in [0.15, 0.2) is 6.07 Å². The average Bonchev–Trinajstić information content (AvgIpc) is 2.67. The maximum Gasteiger partial charge on any atom is 0.224 e. The average molecular weight is 360 g/mol. The van der Waals surface area contributed by atoms with Crippen LogP contribution in [0.5, 0.6) is 0 Å². The van der Waals surface area contributed by atoms with Crippen LogP contribution in [-0.2, 0) is 4.79 Å². The minimum atomic E-state index is 0.336. The van der Waals surface area contributed by atoms with E-state index < -0.39 is 0 Å². The van der Waals surface area contributed by atoms with Crippen LogP contribution in [0.4, 0.5) is 11.8 Å². The molecule has 1 aliphatic carbocycles. The first-order chi connectivity index (χ1) is 12.7. The second-order valence-corrected chi connectivity index (χ2v) is 7.63. The molecule has 1 aromatic heterocycles. The second-order valence-electron chi connectivity index (χ2n) is 7.63. The van der Waals surface area contributed by atoms with Crippen molar-refractivity contribution in [2.24, 2.45) is 5.92 Å². The van der Waals surface area contributed by atoms with E-state index in [1.807, 2.05) is 24.8 Å². The van der Waals surface area contributed by atoms with E-state index in [1.165, 1.54) is 32.1 Å². The molecule has 1 aromatic rings. The largest absolute Gasteiger partial charge is 0.354 e. The van der Waals surface area contributed by atoms with Gasteiger partial charge in [-0.2, -0.15) is 4.98 Å². The van der Waals surface area contributed by atoms with Crippen LogP contribution in [0.1, 0.15) is 57.6 Å². The molecule has 0 atom stereocenters. The predicted octanol–water partition coefficient (Wildman–Crippen LogP) is 3.23. The summed E-state index contributed by atoms with van der Waals surface area (Å²) >= 11 is 0. The van der Waals surface area contributed by atoms with Crippen LogP contribution < -0.4 is 10.2 Å². The first kappa shape index (κ1) is 18.9. The van der Waals surface area contributed by atoms with Gasteiger partial charge >= 0.3 is 0 Å². The topological polar surface area (TPSA) is 61.4 Å². The summed E-state index contributed by atoms with van der Waals surface area (Å²) in [4.78, 5) is 25.9. The minimum Gasteiger partial charge on any atom is -0.354 e. The Labute approximate surface area is 157 Å². The molecule has 1 aliphatic heterocycles. The molecule has 144 valence electrons. The van der Waals surface area contributed by atoms with Gasteiger partial charge in [0, 0.05) is 50.9 Å². The number of nitrogens with zero attached hydrogens (tertiary/aromatic N) is 4. The van der Waals surface area contributed by atoms with Crippen LogP contribution >= 0.6 is 0 Å². The van der Waals surface area contributed by atoms with Gasteiger partial charge in [-0.3, -0.25) is 4.79 Å². The maximum absolute atomic E-state index is 12.5. The first-order valence-corrected chi connectivity index (χ1v) is 10.3. The Balaban J connectivity index is 1.48. The number of hydrogen-bond donors (Lipinski definition) is 1. The monoisotopic (exact) mass is 359 g/mol. The SMILES string of the molecule is CCNc1nc(C)cc(N2CCN(C(=O)CCC3CCCCC3)CC2)n1. The fourth-order valence-corrected chi connectivity index (χ4v) is 4.10. The molecule has 0 aromatic carbocycles. The van der Waals surface area contributed by atoms with E-state index in [4.69, 9.17) is 0 Å². The van der Waals surface area contributed by atoms with E-state index in [9.17, 15) is 4.79 Å². The number of carbonyl (C=O) groups excluding carboxylic acids is 1. The summed E-state index contributed by atoms with van der Waals surface area (Å²) in [5.74, 6) is 2.76. The highest BCUT2D eigenvalue weighted by Crippen LogP contribution is 2.27. The molecule has 1 saturated carbocycles. The number of aromatic nitrogens is 2. The standard InChI is InChI=1S/C20H33N5O/c1-3-21-20-22-16(2)15-18(23-20)24-11-13-25(14-12-24)19(26)10-9-17-7-5-4-6-8-17/h15,17H,3-14H2,1-2H3,(H,21,22,23). The Kier molecular flexibility index (Phi) is 6.69. The molecule has 0 unspecified atom stereocenters. The number of amides is 1. The maximum atomic E-state index is 12.5. The van der Waals surface area contributed by atoms with Gasteiger partial charge in [-0.15, -0.1) is 0 Å². The van der Waals surface area contributed by atoms with Crippen molar-refractivity contribution in [3.63, 3.8) is 0 Å². The summed E-state index contributed by atoms with van der Waals surface area (Å²) in [6.45, 7) is 8.13. The van der Waals surface area contributed by atoms with Crippen molar-refractivity contribution in [3.05, 3.63) is 11.8 Å². The summed E-state index contributed by atoms with van der Waals surface area (Å²) in [5.41, 5.74) is 0.969. The van der Waals surface area contributed by atoms with E-state index in [-0.39, 0.29) is 0 Å². The minimum absolute atomic E-state index is 0.336. The molecule has 0 radical (unpaired) electrons. The Bertz CT molecular complexity index is 592. The first-order valence-electron chi connectivity index (χ1n) is 10.3. The highest BCUT2D eigenvalue weighted by molar-refractivity contribution is 5.76. The summed E-state index contributed by atoms with van der Waals surface area (Å²) in [6, 6.07) is 2.03. The van der Waals surface area contributed by atoms with Crippen molar-refractivity contribution in [2.75, 3.05) is 42.9 Å². The van der Waals surface area contributed by atoms with Crippen molar-refractivity contribution >= 4 is 17.7 Å². The van der Waals surface area contributed by atoms with Gasteiger partial charge in [0.15, 0.2) is 0 Å². The zero-order valence-electron chi connectivity index (χ0n) is 16.3. The van der Waals surface area contributed by atoms with Crippen molar-refractivity contribution in [1.82, 2.24) is 14.9 Å². The number of hydrogen-bond acceptors (Lipinski definition) is 5. The summed E-state index contributed by atoms with van der Waals surface area (Å²) in [7, 11) is 0. The number of aryl methyl sites for hydroxylation is 1. The third kappa shape index (κ3) is 5.08. The van der Waals surface area contributed by atoms with Gasteiger partial charge < -0.3 is 15.1 Å². The number of piperazine rings is 1. The second kappa shape index (κ2) is 9.19. The lowest BCUT2D eigenvalue weighted by Crippen LogP contribution is -2.49. The lowest BCUT2D eigenvalue weighted by molar-refractivity contribution is -0.131. The van der Waals surface area contributed by atoms with Crippen molar-refractivity contribution < 1.29 is 4.79 Å².